The molecule has 1 saturated heterocycles. The van der Waals surface area contributed by atoms with Crippen LogP contribution in [0.5, 0.6) is 0 Å². The van der Waals surface area contributed by atoms with Gasteiger partial charge in [-0.25, -0.2) is 9.18 Å². The van der Waals surface area contributed by atoms with E-state index >= 15 is 0 Å². The molecule has 1 fully saturated rings. The number of hydrogen-bond donors (Lipinski definition) is 2. The highest BCUT2D eigenvalue weighted by atomic mass is 19.1. The Morgan fingerprint density at radius 3 is 3.05 bits per heavy atom. The second-order valence-corrected chi connectivity index (χ2v) is 4.65. The normalized spacial score (nSPS) is 34.0. The van der Waals surface area contributed by atoms with E-state index in [4.69, 9.17) is 13.0 Å². The number of azide groups is 1. The number of nitrogens with zero attached hydrogens (tertiary/aromatic N) is 4. The molecule has 21 heavy (non-hydrogen) atoms. The van der Waals surface area contributed by atoms with Crippen LogP contribution in [0.4, 0.5) is 4.39 Å². The molecule has 114 valence electrons. The maximum absolute atomic E-state index is 14.6. The summed E-state index contributed by atoms with van der Waals surface area (Å²) in [6, 6.07) is 0.975. The molecule has 1 aliphatic rings. The van der Waals surface area contributed by atoms with Crippen LogP contribution >= 0.6 is 0 Å². The van der Waals surface area contributed by atoms with Crippen molar-refractivity contribution in [2.75, 3.05) is 13.1 Å². The molecule has 0 aromatic carbocycles. The molecule has 0 amide bonds. The van der Waals surface area contributed by atoms with Crippen LogP contribution < -0.4 is 11.2 Å². The molecule has 0 radical (unpaired) electrons. The van der Waals surface area contributed by atoms with Gasteiger partial charge in [-0.2, -0.15) is 0 Å². The minimum atomic E-state index is -3.04. The van der Waals surface area contributed by atoms with Crippen LogP contribution in [0.25, 0.3) is 10.4 Å². The third kappa shape index (κ3) is 2.56. The lowest BCUT2D eigenvalue weighted by Gasteiger charge is -2.28. The lowest BCUT2D eigenvalue weighted by atomic mass is 9.88. The van der Waals surface area contributed by atoms with Gasteiger partial charge < -0.3 is 9.84 Å². The average Bonchev–Trinajstić information content (AvgIpc) is 2.70. The molecule has 1 aromatic rings. The Morgan fingerprint density at radius 1 is 1.76 bits per heavy atom. The number of H-pyrrole nitrogens is 1. The molecule has 10 heteroatoms. The summed E-state index contributed by atoms with van der Waals surface area (Å²) in [5.41, 5.74) is 4.61. The Kier molecular flexibility index (Phi) is 3.40. The zero-order valence-electron chi connectivity index (χ0n) is 12.9. The quantitative estimate of drug-likeness (QED) is 0.462. The van der Waals surface area contributed by atoms with E-state index < -0.39 is 48.3 Å². The van der Waals surface area contributed by atoms with Crippen LogP contribution in [0.15, 0.2) is 27.0 Å². The van der Waals surface area contributed by atoms with Crippen molar-refractivity contribution in [3.8, 4) is 0 Å². The lowest BCUT2D eigenvalue weighted by Crippen LogP contribution is -2.43. The van der Waals surface area contributed by atoms with E-state index in [-0.39, 0.29) is 0 Å². The molecule has 0 saturated carbocycles. The van der Waals surface area contributed by atoms with E-state index in [0.29, 0.717) is 0 Å². The molecular formula is C11H14FN5O4. The van der Waals surface area contributed by atoms with E-state index in [1.807, 2.05) is 4.98 Å². The predicted molar refractivity (Wildman–Crippen MR) is 69.3 cm³/mol. The largest absolute Gasteiger partial charge is 0.393 e. The van der Waals surface area contributed by atoms with E-state index in [1.54, 1.807) is 0 Å². The Bertz CT molecular complexity index is 756. The van der Waals surface area contributed by atoms with Crippen LogP contribution in [0.1, 0.15) is 15.9 Å². The minimum Gasteiger partial charge on any atom is -0.393 e. The summed E-state index contributed by atoms with van der Waals surface area (Å²) >= 11 is 0. The van der Waals surface area contributed by atoms with Gasteiger partial charge in [0.15, 0.2) is 12.4 Å². The van der Waals surface area contributed by atoms with Crippen molar-refractivity contribution in [2.24, 2.45) is 11.0 Å². The number of alkyl halides is 1. The van der Waals surface area contributed by atoms with Gasteiger partial charge in [0.25, 0.3) is 5.56 Å². The minimum absolute atomic E-state index is 0.677. The third-order valence-electron chi connectivity index (χ3n) is 3.50. The highest BCUT2D eigenvalue weighted by Crippen LogP contribution is 2.42. The molecule has 2 rings (SSSR count). The summed E-state index contributed by atoms with van der Waals surface area (Å²) in [6.07, 6.45) is -2.48. The van der Waals surface area contributed by atoms with Crippen molar-refractivity contribution in [3.63, 3.8) is 0 Å². The van der Waals surface area contributed by atoms with Crippen molar-refractivity contribution >= 4 is 0 Å². The van der Waals surface area contributed by atoms with Gasteiger partial charge in [0.1, 0.15) is 5.60 Å². The summed E-state index contributed by atoms with van der Waals surface area (Å²) in [4.78, 5) is 27.2. The molecule has 0 aliphatic carbocycles. The number of hydrogen-bond acceptors (Lipinski definition) is 5. The first-order valence-corrected chi connectivity index (χ1v) is 6.00. The molecule has 9 nitrogen and oxygen atoms in total. The Morgan fingerprint density at radius 2 is 2.48 bits per heavy atom. The molecule has 1 aliphatic heterocycles. The second kappa shape index (κ2) is 5.68. The Labute approximate surface area is 120 Å². The van der Waals surface area contributed by atoms with Crippen LogP contribution in [0.3, 0.4) is 0 Å². The van der Waals surface area contributed by atoms with Gasteiger partial charge >= 0.3 is 5.69 Å². The van der Waals surface area contributed by atoms with Gasteiger partial charge in [-0.3, -0.25) is 14.3 Å². The van der Waals surface area contributed by atoms with E-state index in [1.165, 1.54) is 6.92 Å². The fraction of sp³-hybridized carbons (Fsp3) is 0.636. The van der Waals surface area contributed by atoms with Gasteiger partial charge in [0.2, 0.25) is 0 Å². The number of halogens is 1. The first-order chi connectivity index (χ1) is 10.6. The molecule has 4 atom stereocenters. The summed E-state index contributed by atoms with van der Waals surface area (Å²) < 4.78 is 35.7. The van der Waals surface area contributed by atoms with E-state index in [2.05, 4.69) is 10.0 Å². The standard InChI is InChI=1S/C11H14FN5O4/c1-6-8(12)9(17-3-2-7(19)15-10(17)20)21-11(6,5-18)4-14-16-13/h2-3,6,8-9,18H,4-5H2,1H3,(H,15,19,20)/t6-,8+,9+,11+/m0/s1/i5D2. The molecule has 2 N–H and O–H groups in total. The summed E-state index contributed by atoms with van der Waals surface area (Å²) in [5, 5.41) is 13.0. The van der Waals surface area contributed by atoms with Crippen molar-refractivity contribution in [3.05, 3.63) is 43.5 Å². The third-order valence-corrected chi connectivity index (χ3v) is 3.50. The first-order valence-electron chi connectivity index (χ1n) is 7.00. The van der Waals surface area contributed by atoms with Crippen LogP contribution in [-0.2, 0) is 4.74 Å². The molecule has 0 unspecified atom stereocenters. The lowest BCUT2D eigenvalue weighted by molar-refractivity contribution is -0.108. The van der Waals surface area contributed by atoms with E-state index in [9.17, 15) is 19.1 Å². The number of aliphatic hydroxyl groups is 1. The van der Waals surface area contributed by atoms with Gasteiger partial charge in [-0.05, 0) is 5.53 Å². The van der Waals surface area contributed by atoms with Crippen molar-refractivity contribution < 1.29 is 17.0 Å². The Balaban J connectivity index is 2.52. The average molecular weight is 301 g/mol. The zero-order valence-corrected chi connectivity index (χ0v) is 10.9. The summed E-state index contributed by atoms with van der Waals surface area (Å²) in [7, 11) is 0. The van der Waals surface area contributed by atoms with Crippen molar-refractivity contribution in [1.82, 2.24) is 9.55 Å². The monoisotopic (exact) mass is 301 g/mol. The van der Waals surface area contributed by atoms with Crippen LogP contribution in [0.2, 0.25) is 0 Å². The highest BCUT2D eigenvalue weighted by molar-refractivity contribution is 5.01. The molecule has 0 bridgehead atoms. The molecule has 2 heterocycles. The van der Waals surface area contributed by atoms with Gasteiger partial charge in [-0.15, -0.1) is 0 Å². The molecular weight excluding hydrogens is 285 g/mol. The molecule has 1 aromatic heterocycles. The van der Waals surface area contributed by atoms with Crippen molar-refractivity contribution in [1.29, 1.82) is 0 Å². The Hall–Kier alpha value is -2.16. The summed E-state index contributed by atoms with van der Waals surface area (Å²) in [6.45, 7) is -2.45. The van der Waals surface area contributed by atoms with Crippen molar-refractivity contribution in [2.45, 2.75) is 24.9 Å². The highest BCUT2D eigenvalue weighted by Gasteiger charge is 2.53. The summed E-state index contributed by atoms with van der Waals surface area (Å²) in [5.74, 6) is -1.24. The number of nitrogens with one attached hydrogen (secondary N) is 1. The van der Waals surface area contributed by atoms with E-state index in [0.717, 1.165) is 16.8 Å². The zero-order chi connectivity index (χ0) is 17.4. The van der Waals surface area contributed by atoms with Gasteiger partial charge in [-0.1, -0.05) is 12.0 Å². The fourth-order valence-electron chi connectivity index (χ4n) is 2.21. The first kappa shape index (κ1) is 12.6. The maximum Gasteiger partial charge on any atom is 0.330 e. The topological polar surface area (TPSA) is 133 Å². The number of aromatic amines is 1. The number of aromatic nitrogens is 2. The SMILES string of the molecule is [2H]C([2H])(O)[C@@]1(CN=[N+]=[N-])O[C@@H](n2ccc(=O)[nH]c2=O)[C@H](F)[C@@H]1C. The maximum atomic E-state index is 14.6. The smallest absolute Gasteiger partial charge is 0.330 e. The second-order valence-electron chi connectivity index (χ2n) is 4.65. The van der Waals surface area contributed by atoms with Crippen LogP contribution in [-0.4, -0.2) is 39.5 Å². The van der Waals surface area contributed by atoms with Crippen LogP contribution in [0, 0.1) is 5.92 Å². The fourth-order valence-corrected chi connectivity index (χ4v) is 2.21. The molecule has 0 spiro atoms. The number of rotatable bonds is 4. The number of ether oxygens (including phenoxy) is 1. The predicted octanol–water partition coefficient (Wildman–Crippen LogP) is 0.0810. The van der Waals surface area contributed by atoms with Gasteiger partial charge in [0, 0.05) is 23.1 Å². The van der Waals surface area contributed by atoms with Gasteiger partial charge in [0.05, 0.1) is 15.8 Å².